The molecular weight excluding hydrogens is 303 g/mol. The van der Waals surface area contributed by atoms with Gasteiger partial charge in [0, 0.05) is 0 Å². The van der Waals surface area contributed by atoms with Gasteiger partial charge in [-0.15, -0.1) is 0 Å². The second-order valence-electron chi connectivity index (χ2n) is 3.63. The summed E-state index contributed by atoms with van der Waals surface area (Å²) in [5.41, 5.74) is 0. The first-order chi connectivity index (χ1) is 6.67. The molecule has 1 atom stereocenters. The largest absolute Gasteiger partial charge is 0.411 e. The van der Waals surface area contributed by atoms with Crippen LogP contribution in [0.25, 0.3) is 0 Å². The average Bonchev–Trinajstić information content (AvgIpc) is 2.25. The maximum Gasteiger partial charge on any atom is 0.192 e. The number of halogens is 1. The molecule has 0 saturated heterocycles. The minimum Gasteiger partial charge on any atom is -0.411 e. The smallest absolute Gasteiger partial charge is 0.192 e. The van der Waals surface area contributed by atoms with E-state index in [0.717, 1.165) is 6.42 Å². The van der Waals surface area contributed by atoms with Gasteiger partial charge in [0.05, 0.1) is 6.10 Å². The van der Waals surface area contributed by atoms with Gasteiger partial charge >= 0.3 is 0 Å². The van der Waals surface area contributed by atoms with Crippen LogP contribution in [0.3, 0.4) is 0 Å². The predicted octanol–water partition coefficient (Wildman–Crippen LogP) is 4.74. The fourth-order valence-corrected chi connectivity index (χ4v) is 5.01. The summed E-state index contributed by atoms with van der Waals surface area (Å²) in [6, 6.07) is 3.72. The lowest BCUT2D eigenvalue weighted by Crippen LogP contribution is -2.39. The Morgan fingerprint density at radius 2 is 1.64 bits per heavy atom. The van der Waals surface area contributed by atoms with Gasteiger partial charge in [-0.25, -0.2) is 0 Å². The van der Waals surface area contributed by atoms with Crippen molar-refractivity contribution < 1.29 is 4.43 Å². The molecule has 0 aromatic rings. The number of rotatable bonds is 7. The van der Waals surface area contributed by atoms with Crippen LogP contribution in [0.1, 0.15) is 34.1 Å². The molecule has 0 amide bonds. The van der Waals surface area contributed by atoms with Gasteiger partial charge in [0.15, 0.2) is 8.32 Å². The summed E-state index contributed by atoms with van der Waals surface area (Å²) in [6.45, 7) is 9.03. The quantitative estimate of drug-likeness (QED) is 0.485. The van der Waals surface area contributed by atoms with Crippen molar-refractivity contribution in [3.8, 4) is 0 Å². The van der Waals surface area contributed by atoms with Crippen LogP contribution in [-0.2, 0) is 4.43 Å². The van der Waals surface area contributed by atoms with Gasteiger partial charge in [0.1, 0.15) is 0 Å². The molecule has 14 heavy (non-hydrogen) atoms. The van der Waals surface area contributed by atoms with Crippen LogP contribution in [-0.4, -0.2) is 14.4 Å². The van der Waals surface area contributed by atoms with Crippen LogP contribution in [0.5, 0.6) is 0 Å². The van der Waals surface area contributed by atoms with E-state index in [1.165, 1.54) is 18.1 Å². The molecule has 0 radical (unpaired) electrons. The summed E-state index contributed by atoms with van der Waals surface area (Å²) in [4.78, 5) is 0. The van der Waals surface area contributed by atoms with Crippen molar-refractivity contribution >= 4 is 30.9 Å². The first kappa shape index (κ1) is 14.6. The standard InChI is InChI=1S/C11H23IOSi/c1-5-11(9-10-12)13-14(6-2,7-3)8-4/h9-11H,5-8H2,1-4H3/b10-9+/t11-/m1/s1. The highest BCUT2D eigenvalue weighted by Crippen LogP contribution is 2.24. The summed E-state index contributed by atoms with van der Waals surface area (Å²) < 4.78 is 8.40. The number of hydrogen-bond donors (Lipinski definition) is 0. The summed E-state index contributed by atoms with van der Waals surface area (Å²) in [7, 11) is -1.39. The molecule has 1 nitrogen and oxygen atoms in total. The van der Waals surface area contributed by atoms with Crippen molar-refractivity contribution in [1.82, 2.24) is 0 Å². The van der Waals surface area contributed by atoms with Gasteiger partial charge in [-0.2, -0.15) is 0 Å². The van der Waals surface area contributed by atoms with Gasteiger partial charge in [0.25, 0.3) is 0 Å². The van der Waals surface area contributed by atoms with E-state index >= 15 is 0 Å². The minimum atomic E-state index is -1.39. The van der Waals surface area contributed by atoms with Crippen molar-refractivity contribution in [2.24, 2.45) is 0 Å². The lowest BCUT2D eigenvalue weighted by Gasteiger charge is -2.31. The molecule has 0 aliphatic carbocycles. The molecular formula is C11H23IOSi. The van der Waals surface area contributed by atoms with E-state index in [4.69, 9.17) is 4.43 Å². The van der Waals surface area contributed by atoms with Crippen molar-refractivity contribution in [3.63, 3.8) is 0 Å². The molecule has 3 heteroatoms. The van der Waals surface area contributed by atoms with Gasteiger partial charge in [-0.1, -0.05) is 56.4 Å². The van der Waals surface area contributed by atoms with Gasteiger partial charge in [0.2, 0.25) is 0 Å². The molecule has 0 unspecified atom stereocenters. The first-order valence-corrected chi connectivity index (χ1v) is 9.40. The Bertz CT molecular complexity index is 158. The molecule has 0 rings (SSSR count). The molecule has 0 aliphatic rings. The topological polar surface area (TPSA) is 9.23 Å². The van der Waals surface area contributed by atoms with Crippen molar-refractivity contribution in [2.45, 2.75) is 58.4 Å². The molecule has 84 valence electrons. The molecule has 0 bridgehead atoms. The number of hydrogen-bond acceptors (Lipinski definition) is 1. The van der Waals surface area contributed by atoms with Gasteiger partial charge in [-0.05, 0) is 28.6 Å². The second kappa shape index (κ2) is 7.88. The molecule has 0 aromatic carbocycles. The van der Waals surface area contributed by atoms with E-state index in [1.54, 1.807) is 0 Å². The Morgan fingerprint density at radius 3 is 1.93 bits per heavy atom. The minimum absolute atomic E-state index is 0.346. The Morgan fingerprint density at radius 1 is 1.14 bits per heavy atom. The van der Waals surface area contributed by atoms with Gasteiger partial charge < -0.3 is 4.43 Å². The maximum absolute atomic E-state index is 6.32. The Labute approximate surface area is 104 Å². The van der Waals surface area contributed by atoms with Crippen molar-refractivity contribution in [2.75, 3.05) is 0 Å². The van der Waals surface area contributed by atoms with Crippen LogP contribution < -0.4 is 0 Å². The second-order valence-corrected chi connectivity index (χ2v) is 9.07. The molecule has 0 N–H and O–H groups in total. The Balaban J connectivity index is 4.39. The summed E-state index contributed by atoms with van der Waals surface area (Å²) in [6.07, 6.45) is 3.62. The first-order valence-electron chi connectivity index (χ1n) is 5.62. The lowest BCUT2D eigenvalue weighted by atomic mass is 10.3. The highest BCUT2D eigenvalue weighted by Gasteiger charge is 2.30. The Hall–Kier alpha value is 0.647. The third-order valence-electron chi connectivity index (χ3n) is 3.02. The molecule has 0 saturated carbocycles. The molecule has 0 aliphatic heterocycles. The summed E-state index contributed by atoms with van der Waals surface area (Å²) >= 11 is 2.27. The molecule has 0 aromatic heterocycles. The summed E-state index contributed by atoms with van der Waals surface area (Å²) in [5, 5.41) is 0. The molecule has 0 fully saturated rings. The molecule has 0 spiro atoms. The zero-order chi connectivity index (χ0) is 11.0. The fraction of sp³-hybridized carbons (Fsp3) is 0.818. The van der Waals surface area contributed by atoms with E-state index in [2.05, 4.69) is 60.4 Å². The highest BCUT2D eigenvalue weighted by atomic mass is 127. The third kappa shape index (κ3) is 4.44. The van der Waals surface area contributed by atoms with E-state index in [0.29, 0.717) is 6.10 Å². The Kier molecular flexibility index (Phi) is 8.24. The molecule has 0 heterocycles. The maximum atomic E-state index is 6.32. The monoisotopic (exact) mass is 326 g/mol. The normalized spacial score (nSPS) is 14.9. The zero-order valence-corrected chi connectivity index (χ0v) is 13.0. The average molecular weight is 326 g/mol. The van der Waals surface area contributed by atoms with Crippen molar-refractivity contribution in [3.05, 3.63) is 10.2 Å². The predicted molar refractivity (Wildman–Crippen MR) is 75.5 cm³/mol. The van der Waals surface area contributed by atoms with Crippen LogP contribution in [0.4, 0.5) is 0 Å². The SMILES string of the molecule is CC[C@H](/C=C/I)O[Si](CC)(CC)CC. The van der Waals surface area contributed by atoms with Crippen LogP contribution >= 0.6 is 22.6 Å². The fourth-order valence-electron chi connectivity index (χ4n) is 1.66. The zero-order valence-electron chi connectivity index (χ0n) is 9.85. The summed E-state index contributed by atoms with van der Waals surface area (Å²) in [5.74, 6) is 0. The third-order valence-corrected chi connectivity index (χ3v) is 8.11. The van der Waals surface area contributed by atoms with Gasteiger partial charge in [-0.3, -0.25) is 0 Å². The van der Waals surface area contributed by atoms with E-state index < -0.39 is 8.32 Å². The van der Waals surface area contributed by atoms with E-state index in [9.17, 15) is 0 Å². The van der Waals surface area contributed by atoms with Crippen LogP contribution in [0, 0.1) is 0 Å². The van der Waals surface area contributed by atoms with E-state index in [1.807, 2.05) is 0 Å². The highest BCUT2D eigenvalue weighted by molar-refractivity contribution is 14.1. The lowest BCUT2D eigenvalue weighted by molar-refractivity contribution is 0.229. The van der Waals surface area contributed by atoms with Crippen molar-refractivity contribution in [1.29, 1.82) is 0 Å². The van der Waals surface area contributed by atoms with Crippen LogP contribution in [0.15, 0.2) is 10.2 Å². The van der Waals surface area contributed by atoms with Crippen LogP contribution in [0.2, 0.25) is 18.1 Å². The van der Waals surface area contributed by atoms with E-state index in [-0.39, 0.29) is 0 Å².